The van der Waals surface area contributed by atoms with Crippen LogP contribution in [0.25, 0.3) is 0 Å². The van der Waals surface area contributed by atoms with Crippen LogP contribution in [0.15, 0.2) is 72.8 Å². The molecule has 0 saturated heterocycles. The van der Waals surface area contributed by atoms with Crippen LogP contribution in [0.3, 0.4) is 0 Å². The monoisotopic (exact) mass is 591 g/mol. The molecule has 0 aliphatic carbocycles. The summed E-state index contributed by atoms with van der Waals surface area (Å²) >= 11 is 6.40. The van der Waals surface area contributed by atoms with E-state index < -0.39 is 46.1 Å². The van der Waals surface area contributed by atoms with Crippen LogP contribution in [-0.2, 0) is 32.6 Å². The topological polar surface area (TPSA) is 86.8 Å². The molecule has 0 saturated carbocycles. The molecule has 0 aliphatic heterocycles. The molecule has 2 amide bonds. The van der Waals surface area contributed by atoms with Gasteiger partial charge in [-0.3, -0.25) is 13.9 Å². The standard InChI is InChI=1S/C29H32ClF2N3O4S/c1-3-4-16-33-29(37)27(17-21-10-6-5-7-11-21)34(19-22-12-8-9-13-24(22)30)28(36)20-35(40(2,38)39)23-14-15-25(31)26(32)18-23/h5-15,18,27H,3-4,16-17,19-20H2,1-2H3,(H,33,37)/t27-/m1/s1. The molecule has 0 spiro atoms. The first-order chi connectivity index (χ1) is 19.0. The van der Waals surface area contributed by atoms with Gasteiger partial charge in [0.15, 0.2) is 11.6 Å². The van der Waals surface area contributed by atoms with E-state index in [0.29, 0.717) is 27.5 Å². The van der Waals surface area contributed by atoms with Gasteiger partial charge in [0.1, 0.15) is 12.6 Å². The minimum Gasteiger partial charge on any atom is -0.354 e. The van der Waals surface area contributed by atoms with E-state index in [9.17, 15) is 26.8 Å². The Bertz CT molecular complexity index is 1420. The van der Waals surface area contributed by atoms with E-state index in [1.165, 1.54) is 4.90 Å². The maximum Gasteiger partial charge on any atom is 0.244 e. The zero-order valence-corrected chi connectivity index (χ0v) is 23.9. The Kier molecular flexibility index (Phi) is 11.0. The van der Waals surface area contributed by atoms with Crippen molar-refractivity contribution < 1.29 is 26.8 Å². The minimum atomic E-state index is -4.11. The molecule has 40 heavy (non-hydrogen) atoms. The Morgan fingerprint density at radius 1 is 0.975 bits per heavy atom. The van der Waals surface area contributed by atoms with Crippen molar-refractivity contribution in [2.75, 3.05) is 23.7 Å². The van der Waals surface area contributed by atoms with Crippen molar-refractivity contribution in [3.63, 3.8) is 0 Å². The highest BCUT2D eigenvalue weighted by Crippen LogP contribution is 2.24. The van der Waals surface area contributed by atoms with Crippen molar-refractivity contribution in [1.29, 1.82) is 0 Å². The highest BCUT2D eigenvalue weighted by Gasteiger charge is 2.33. The number of carbonyl (C=O) groups is 2. The van der Waals surface area contributed by atoms with Gasteiger partial charge in [-0.2, -0.15) is 0 Å². The van der Waals surface area contributed by atoms with Gasteiger partial charge in [-0.25, -0.2) is 17.2 Å². The maximum absolute atomic E-state index is 14.0. The summed E-state index contributed by atoms with van der Waals surface area (Å²) in [4.78, 5) is 28.7. The van der Waals surface area contributed by atoms with Gasteiger partial charge < -0.3 is 10.2 Å². The third kappa shape index (κ3) is 8.50. The molecular weight excluding hydrogens is 560 g/mol. The Balaban J connectivity index is 2.05. The van der Waals surface area contributed by atoms with Crippen LogP contribution in [0.4, 0.5) is 14.5 Å². The van der Waals surface area contributed by atoms with Crippen LogP contribution in [0.5, 0.6) is 0 Å². The predicted molar refractivity (Wildman–Crippen MR) is 152 cm³/mol. The van der Waals surface area contributed by atoms with Gasteiger partial charge in [-0.1, -0.05) is 73.5 Å². The number of rotatable bonds is 13. The molecule has 0 bridgehead atoms. The van der Waals surface area contributed by atoms with Crippen LogP contribution in [0, 0.1) is 11.6 Å². The Labute approximate surface area is 238 Å². The van der Waals surface area contributed by atoms with Crippen LogP contribution in [0.1, 0.15) is 30.9 Å². The fourth-order valence-corrected chi connectivity index (χ4v) is 5.16. The number of hydrogen-bond donors (Lipinski definition) is 1. The highest BCUT2D eigenvalue weighted by molar-refractivity contribution is 7.92. The lowest BCUT2D eigenvalue weighted by Crippen LogP contribution is -2.53. The fraction of sp³-hybridized carbons (Fsp3) is 0.310. The molecule has 3 rings (SSSR count). The summed E-state index contributed by atoms with van der Waals surface area (Å²) in [6, 6.07) is 17.5. The summed E-state index contributed by atoms with van der Waals surface area (Å²) in [7, 11) is -4.11. The number of benzene rings is 3. The molecule has 214 valence electrons. The molecular formula is C29H32ClF2N3O4S. The average Bonchev–Trinajstić information content (AvgIpc) is 2.91. The third-order valence-electron chi connectivity index (χ3n) is 6.27. The minimum absolute atomic E-state index is 0.0907. The zero-order valence-electron chi connectivity index (χ0n) is 22.3. The Morgan fingerprint density at radius 2 is 1.65 bits per heavy atom. The number of unbranched alkanes of at least 4 members (excludes halogenated alkanes) is 1. The van der Waals surface area contributed by atoms with E-state index in [0.717, 1.165) is 36.8 Å². The summed E-state index contributed by atoms with van der Waals surface area (Å²) in [5, 5.41) is 3.25. The van der Waals surface area contributed by atoms with Crippen molar-refractivity contribution in [3.05, 3.63) is 101 Å². The molecule has 0 radical (unpaired) electrons. The van der Waals surface area contributed by atoms with Crippen molar-refractivity contribution in [3.8, 4) is 0 Å². The molecule has 3 aromatic rings. The molecule has 0 aliphatic rings. The van der Waals surface area contributed by atoms with Gasteiger partial charge in [0.2, 0.25) is 21.8 Å². The number of hydrogen-bond acceptors (Lipinski definition) is 4. The molecule has 0 fully saturated rings. The van der Waals surface area contributed by atoms with E-state index >= 15 is 0 Å². The zero-order chi connectivity index (χ0) is 29.3. The van der Waals surface area contributed by atoms with E-state index in [2.05, 4.69) is 5.32 Å². The second kappa shape index (κ2) is 14.2. The molecule has 0 aromatic heterocycles. The smallest absolute Gasteiger partial charge is 0.244 e. The van der Waals surface area contributed by atoms with Crippen molar-refractivity contribution in [1.82, 2.24) is 10.2 Å². The first-order valence-corrected chi connectivity index (χ1v) is 15.0. The lowest BCUT2D eigenvalue weighted by Gasteiger charge is -2.33. The van der Waals surface area contributed by atoms with E-state index in [-0.39, 0.29) is 18.7 Å². The normalized spacial score (nSPS) is 12.0. The number of anilines is 1. The molecule has 0 heterocycles. The maximum atomic E-state index is 14.0. The molecule has 0 unspecified atom stereocenters. The molecule has 11 heteroatoms. The first-order valence-electron chi connectivity index (χ1n) is 12.8. The number of nitrogens with one attached hydrogen (secondary N) is 1. The van der Waals surface area contributed by atoms with E-state index in [4.69, 9.17) is 11.6 Å². The number of nitrogens with zero attached hydrogens (tertiary/aromatic N) is 2. The lowest BCUT2D eigenvalue weighted by molar-refractivity contribution is -0.140. The quantitative estimate of drug-likeness (QED) is 0.285. The lowest BCUT2D eigenvalue weighted by atomic mass is 10.0. The summed E-state index contributed by atoms with van der Waals surface area (Å²) in [5.74, 6) is -3.54. The van der Waals surface area contributed by atoms with Crippen LogP contribution in [-0.4, -0.2) is 50.5 Å². The van der Waals surface area contributed by atoms with Gasteiger partial charge in [-0.05, 0) is 35.7 Å². The van der Waals surface area contributed by atoms with Gasteiger partial charge in [0.25, 0.3) is 0 Å². The number of sulfonamides is 1. The van der Waals surface area contributed by atoms with Gasteiger partial charge >= 0.3 is 0 Å². The largest absolute Gasteiger partial charge is 0.354 e. The summed E-state index contributed by atoms with van der Waals surface area (Å²) < 4.78 is 53.7. The predicted octanol–water partition coefficient (Wildman–Crippen LogP) is 4.94. The summed E-state index contributed by atoms with van der Waals surface area (Å²) in [6.45, 7) is 1.55. The van der Waals surface area contributed by atoms with E-state index in [1.54, 1.807) is 24.3 Å². The number of halogens is 3. The Morgan fingerprint density at radius 3 is 2.27 bits per heavy atom. The highest BCUT2D eigenvalue weighted by atomic mass is 35.5. The van der Waals surface area contributed by atoms with Gasteiger partial charge in [0.05, 0.1) is 11.9 Å². The fourth-order valence-electron chi connectivity index (χ4n) is 4.12. The average molecular weight is 592 g/mol. The summed E-state index contributed by atoms with van der Waals surface area (Å²) in [6.07, 6.45) is 2.60. The first kappa shape index (κ1) is 31.0. The van der Waals surface area contributed by atoms with Crippen molar-refractivity contribution in [2.45, 2.75) is 38.8 Å². The van der Waals surface area contributed by atoms with Crippen LogP contribution < -0.4 is 9.62 Å². The third-order valence-corrected chi connectivity index (χ3v) is 7.78. The number of amides is 2. The Hall–Kier alpha value is -3.50. The number of carbonyl (C=O) groups excluding carboxylic acids is 2. The second-order valence-electron chi connectivity index (χ2n) is 9.33. The molecule has 1 atom stereocenters. The molecule has 7 nitrogen and oxygen atoms in total. The van der Waals surface area contributed by atoms with Gasteiger partial charge in [0, 0.05) is 30.6 Å². The van der Waals surface area contributed by atoms with Crippen LogP contribution >= 0.6 is 11.6 Å². The van der Waals surface area contributed by atoms with Crippen LogP contribution in [0.2, 0.25) is 5.02 Å². The van der Waals surface area contributed by atoms with E-state index in [1.807, 2.05) is 37.3 Å². The molecule has 3 aromatic carbocycles. The van der Waals surface area contributed by atoms with Crippen molar-refractivity contribution in [2.24, 2.45) is 0 Å². The van der Waals surface area contributed by atoms with Crippen molar-refractivity contribution >= 4 is 39.1 Å². The second-order valence-corrected chi connectivity index (χ2v) is 11.6. The summed E-state index contributed by atoms with van der Waals surface area (Å²) in [5.41, 5.74) is 1.12. The SMILES string of the molecule is CCCCNC(=O)[C@@H](Cc1ccccc1)N(Cc1ccccc1Cl)C(=O)CN(c1ccc(F)c(F)c1)S(C)(=O)=O. The van der Waals surface area contributed by atoms with Gasteiger partial charge in [-0.15, -0.1) is 0 Å². The molecule has 1 N–H and O–H groups in total.